The Morgan fingerprint density at radius 2 is 2.21 bits per heavy atom. The first-order valence-electron chi connectivity index (χ1n) is 7.98. The highest BCUT2D eigenvalue weighted by Gasteiger charge is 2.21. The van der Waals surface area contributed by atoms with Gasteiger partial charge < -0.3 is 4.98 Å². The van der Waals surface area contributed by atoms with Crippen LogP contribution in [0.1, 0.15) is 36.0 Å². The van der Waals surface area contributed by atoms with E-state index in [-0.39, 0.29) is 16.7 Å². The summed E-state index contributed by atoms with van der Waals surface area (Å²) in [6.07, 6.45) is 4.35. The fourth-order valence-electron chi connectivity index (χ4n) is 2.90. The molecule has 0 spiro atoms. The van der Waals surface area contributed by atoms with Crippen molar-refractivity contribution in [3.8, 4) is 0 Å². The van der Waals surface area contributed by atoms with Gasteiger partial charge in [0.05, 0.1) is 23.5 Å². The highest BCUT2D eigenvalue weighted by molar-refractivity contribution is 7.99. The Hall–Kier alpha value is -1.38. The minimum atomic E-state index is -0.271. The van der Waals surface area contributed by atoms with Crippen molar-refractivity contribution in [2.75, 3.05) is 14.2 Å². The number of carbonyl (C=O) groups excluding carboxylic acids is 1. The van der Waals surface area contributed by atoms with Crippen molar-refractivity contribution in [2.24, 2.45) is 0 Å². The molecular weight excluding hydrogens is 346 g/mol. The monoisotopic (exact) mass is 367 g/mol. The highest BCUT2D eigenvalue weighted by Crippen LogP contribution is 2.33. The van der Waals surface area contributed by atoms with Crippen LogP contribution in [0, 0.1) is 0 Å². The number of thioether (sulfide) groups is 1. The number of aryl methyl sites for hydroxylation is 2. The van der Waals surface area contributed by atoms with Gasteiger partial charge in [0.15, 0.2) is 0 Å². The topological polar surface area (TPSA) is 75.3 Å². The summed E-state index contributed by atoms with van der Waals surface area (Å²) in [6, 6.07) is 0. The van der Waals surface area contributed by atoms with Crippen LogP contribution < -0.4 is 5.56 Å². The van der Waals surface area contributed by atoms with Gasteiger partial charge in [0.25, 0.3) is 11.5 Å². The van der Waals surface area contributed by atoms with Crippen LogP contribution in [-0.4, -0.2) is 40.3 Å². The fraction of sp³-hybridized carbons (Fsp3) is 0.562. The van der Waals surface area contributed by atoms with Crippen molar-refractivity contribution in [3.05, 3.63) is 26.6 Å². The lowest BCUT2D eigenvalue weighted by atomic mass is 9.97. The molecule has 0 radical (unpaired) electrons. The first kappa shape index (κ1) is 17.4. The standard InChI is InChI=1S/C16H21N3O3S2/c1-9(16(21)19(2)22-3)23-8-12-17-14(20)13-10-6-4-5-7-11(10)24-15(13)18-12/h9H,4-8H2,1-3H3,(H,17,18,20). The second-order valence-electron chi connectivity index (χ2n) is 5.88. The summed E-state index contributed by atoms with van der Waals surface area (Å²) < 4.78 is 0. The average Bonchev–Trinajstić information content (AvgIpc) is 2.97. The Labute approximate surface area is 148 Å². The maximum absolute atomic E-state index is 12.5. The number of hydrogen-bond donors (Lipinski definition) is 1. The van der Waals surface area contributed by atoms with Gasteiger partial charge in [-0.2, -0.15) is 0 Å². The van der Waals surface area contributed by atoms with Gasteiger partial charge in [-0.25, -0.2) is 10.0 Å². The van der Waals surface area contributed by atoms with E-state index in [1.807, 2.05) is 6.92 Å². The summed E-state index contributed by atoms with van der Waals surface area (Å²) in [5.74, 6) is 0.992. The molecule has 2 heterocycles. The zero-order valence-electron chi connectivity index (χ0n) is 14.0. The number of hydrogen-bond acceptors (Lipinski definition) is 6. The summed E-state index contributed by atoms with van der Waals surface area (Å²) in [7, 11) is 3.04. The normalized spacial score (nSPS) is 15.3. The second kappa shape index (κ2) is 7.25. The SMILES string of the molecule is CON(C)C(=O)C(C)SCc1nc2sc3c(c2c(=O)[nH]1)CCCC3. The Morgan fingerprint density at radius 3 is 2.96 bits per heavy atom. The third-order valence-corrected chi connectivity index (χ3v) is 6.60. The number of amides is 1. The maximum Gasteiger partial charge on any atom is 0.259 e. The lowest BCUT2D eigenvalue weighted by Crippen LogP contribution is -2.32. The van der Waals surface area contributed by atoms with Gasteiger partial charge in [0, 0.05) is 11.9 Å². The summed E-state index contributed by atoms with van der Waals surface area (Å²) in [5.41, 5.74) is 1.14. The van der Waals surface area contributed by atoms with Gasteiger partial charge >= 0.3 is 0 Å². The second-order valence-corrected chi connectivity index (χ2v) is 8.29. The van der Waals surface area contributed by atoms with Crippen molar-refractivity contribution in [2.45, 2.75) is 43.6 Å². The van der Waals surface area contributed by atoms with Crippen LogP contribution in [0.25, 0.3) is 10.2 Å². The molecule has 1 unspecified atom stereocenters. The quantitative estimate of drug-likeness (QED) is 0.822. The Bertz CT molecular complexity index is 815. The average molecular weight is 367 g/mol. The van der Waals surface area contributed by atoms with Crippen molar-refractivity contribution in [1.29, 1.82) is 0 Å². The number of hydroxylamine groups is 2. The summed E-state index contributed by atoms with van der Waals surface area (Å²) in [4.78, 5) is 39.0. The van der Waals surface area contributed by atoms with Gasteiger partial charge in [-0.05, 0) is 38.2 Å². The third-order valence-electron chi connectivity index (χ3n) is 4.28. The molecule has 0 saturated carbocycles. The van der Waals surface area contributed by atoms with Crippen LogP contribution in [0.15, 0.2) is 4.79 Å². The van der Waals surface area contributed by atoms with E-state index in [2.05, 4.69) is 9.97 Å². The number of aromatic amines is 1. The first-order valence-corrected chi connectivity index (χ1v) is 9.84. The number of H-pyrrole nitrogens is 1. The van der Waals surface area contributed by atoms with Crippen LogP contribution in [-0.2, 0) is 28.2 Å². The van der Waals surface area contributed by atoms with Crippen LogP contribution in [0.5, 0.6) is 0 Å². The van der Waals surface area contributed by atoms with E-state index < -0.39 is 0 Å². The zero-order chi connectivity index (χ0) is 17.3. The number of thiophene rings is 1. The number of nitrogens with zero attached hydrogens (tertiary/aromatic N) is 2. The lowest BCUT2D eigenvalue weighted by molar-refractivity contribution is -0.167. The molecule has 0 aromatic carbocycles. The number of carbonyl (C=O) groups is 1. The molecule has 6 nitrogen and oxygen atoms in total. The molecule has 0 saturated heterocycles. The van der Waals surface area contributed by atoms with Crippen molar-refractivity contribution >= 4 is 39.2 Å². The Kier molecular flexibility index (Phi) is 5.27. The predicted octanol–water partition coefficient (Wildman–Crippen LogP) is 2.50. The molecule has 1 amide bonds. The molecule has 1 aliphatic carbocycles. The van der Waals surface area contributed by atoms with E-state index in [1.165, 1.54) is 40.8 Å². The predicted molar refractivity (Wildman–Crippen MR) is 97.4 cm³/mol. The minimum absolute atomic E-state index is 0.0528. The van der Waals surface area contributed by atoms with Gasteiger partial charge in [0.2, 0.25) is 0 Å². The fourth-order valence-corrected chi connectivity index (χ4v) is 5.01. The number of nitrogens with one attached hydrogen (secondary N) is 1. The molecule has 2 aromatic heterocycles. The molecule has 3 rings (SSSR count). The number of fused-ring (bicyclic) bond motifs is 3. The first-order chi connectivity index (χ1) is 11.5. The number of aromatic nitrogens is 2. The van der Waals surface area contributed by atoms with Gasteiger partial charge in [-0.1, -0.05) is 0 Å². The van der Waals surface area contributed by atoms with Gasteiger partial charge in [0.1, 0.15) is 10.7 Å². The van der Waals surface area contributed by atoms with E-state index in [0.29, 0.717) is 11.6 Å². The molecule has 130 valence electrons. The Balaban J connectivity index is 1.79. The van der Waals surface area contributed by atoms with Crippen LogP contribution in [0.2, 0.25) is 0 Å². The molecule has 1 aliphatic rings. The van der Waals surface area contributed by atoms with Crippen molar-refractivity contribution < 1.29 is 9.63 Å². The highest BCUT2D eigenvalue weighted by atomic mass is 32.2. The maximum atomic E-state index is 12.5. The van der Waals surface area contributed by atoms with Crippen LogP contribution >= 0.6 is 23.1 Å². The summed E-state index contributed by atoms with van der Waals surface area (Å²) >= 11 is 3.08. The van der Waals surface area contributed by atoms with Crippen molar-refractivity contribution in [1.82, 2.24) is 15.0 Å². The molecule has 1 N–H and O–H groups in total. The molecule has 1 atom stereocenters. The molecule has 0 bridgehead atoms. The zero-order valence-corrected chi connectivity index (χ0v) is 15.7. The van der Waals surface area contributed by atoms with Crippen molar-refractivity contribution in [3.63, 3.8) is 0 Å². The van der Waals surface area contributed by atoms with Gasteiger partial charge in [-0.15, -0.1) is 23.1 Å². The van der Waals surface area contributed by atoms with E-state index in [4.69, 9.17) is 4.84 Å². The smallest absolute Gasteiger partial charge is 0.259 e. The minimum Gasteiger partial charge on any atom is -0.309 e. The molecule has 8 heteroatoms. The summed E-state index contributed by atoms with van der Waals surface area (Å²) in [6.45, 7) is 1.82. The Morgan fingerprint density at radius 1 is 1.46 bits per heavy atom. The van der Waals surface area contributed by atoms with E-state index in [0.717, 1.165) is 29.5 Å². The van der Waals surface area contributed by atoms with Gasteiger partial charge in [-0.3, -0.25) is 14.4 Å². The molecule has 2 aromatic rings. The van der Waals surface area contributed by atoms with E-state index >= 15 is 0 Å². The van der Waals surface area contributed by atoms with Crippen LogP contribution in [0.4, 0.5) is 0 Å². The summed E-state index contributed by atoms with van der Waals surface area (Å²) in [5, 5.41) is 1.71. The van der Waals surface area contributed by atoms with Crippen LogP contribution in [0.3, 0.4) is 0 Å². The van der Waals surface area contributed by atoms with E-state index in [9.17, 15) is 9.59 Å². The lowest BCUT2D eigenvalue weighted by Gasteiger charge is -2.18. The molecular formula is C16H21N3O3S2. The molecule has 0 aliphatic heterocycles. The largest absolute Gasteiger partial charge is 0.309 e. The van der Waals surface area contributed by atoms with E-state index in [1.54, 1.807) is 18.4 Å². The molecule has 0 fully saturated rings. The molecule has 24 heavy (non-hydrogen) atoms. The number of rotatable bonds is 5. The third kappa shape index (κ3) is 3.36.